The molecule has 1 heterocycles. The fraction of sp³-hybridized carbons (Fsp3) is 0.296. The molecule has 0 aromatic heterocycles. The van der Waals surface area contributed by atoms with Gasteiger partial charge in [-0.05, 0) is 41.0 Å². The van der Waals surface area contributed by atoms with Crippen LogP contribution >= 0.6 is 0 Å². The third kappa shape index (κ3) is 7.18. The van der Waals surface area contributed by atoms with Gasteiger partial charge in [-0.1, -0.05) is 59.8 Å². The first-order valence-electron chi connectivity index (χ1n) is 11.3. The van der Waals surface area contributed by atoms with Crippen LogP contribution in [0, 0.1) is 11.6 Å². The molecule has 3 aromatic rings. The van der Waals surface area contributed by atoms with Crippen LogP contribution in [0.3, 0.4) is 0 Å². The Morgan fingerprint density at radius 3 is 2.50 bits per heavy atom. The number of nitrogens with zero attached hydrogens (tertiary/aromatic N) is 2. The molecule has 0 spiro atoms. The van der Waals surface area contributed by atoms with Gasteiger partial charge in [0.15, 0.2) is 0 Å². The highest BCUT2D eigenvalue weighted by atomic mass is 19.1. The van der Waals surface area contributed by atoms with E-state index in [1.165, 1.54) is 24.3 Å². The Morgan fingerprint density at radius 1 is 0.971 bits per heavy atom. The van der Waals surface area contributed by atoms with E-state index in [0.29, 0.717) is 32.7 Å². The van der Waals surface area contributed by atoms with Crippen molar-refractivity contribution >= 4 is 5.71 Å². The number of benzene rings is 3. The van der Waals surface area contributed by atoms with Gasteiger partial charge in [0.2, 0.25) is 0 Å². The van der Waals surface area contributed by atoms with E-state index in [0.717, 1.165) is 22.4 Å². The molecule has 2 atom stereocenters. The quantitative estimate of drug-likeness (QED) is 0.451. The minimum atomic E-state index is -0.726. The van der Waals surface area contributed by atoms with Gasteiger partial charge < -0.3 is 14.7 Å². The first-order valence-corrected chi connectivity index (χ1v) is 11.3. The lowest BCUT2D eigenvalue weighted by Crippen LogP contribution is -2.39. The normalized spacial score (nSPS) is 16.4. The van der Waals surface area contributed by atoms with E-state index in [4.69, 9.17) is 9.57 Å². The second-order valence-electron chi connectivity index (χ2n) is 8.45. The van der Waals surface area contributed by atoms with Crippen molar-refractivity contribution in [3.63, 3.8) is 0 Å². The van der Waals surface area contributed by atoms with Gasteiger partial charge in [-0.25, -0.2) is 8.78 Å². The predicted octanol–water partition coefficient (Wildman–Crippen LogP) is 4.54. The van der Waals surface area contributed by atoms with Gasteiger partial charge in [-0.15, -0.1) is 0 Å². The number of halogens is 2. The van der Waals surface area contributed by atoms with Crippen molar-refractivity contribution in [2.75, 3.05) is 19.7 Å². The average molecular weight is 467 g/mol. The molecule has 0 aliphatic carbocycles. The first-order chi connectivity index (χ1) is 16.5. The average Bonchev–Trinajstić information content (AvgIpc) is 3.28. The molecule has 0 fully saturated rings. The molecule has 0 saturated heterocycles. The number of rotatable bonds is 11. The summed E-state index contributed by atoms with van der Waals surface area (Å²) < 4.78 is 32.6. The number of aliphatic hydroxyl groups is 1. The Labute approximate surface area is 198 Å². The zero-order valence-electron chi connectivity index (χ0n) is 18.8. The van der Waals surface area contributed by atoms with E-state index in [2.05, 4.69) is 5.16 Å². The molecule has 0 unspecified atom stereocenters. The first kappa shape index (κ1) is 24.0. The molecule has 1 N–H and O–H groups in total. The van der Waals surface area contributed by atoms with E-state index in [9.17, 15) is 13.9 Å². The van der Waals surface area contributed by atoms with Crippen LogP contribution in [0.1, 0.15) is 23.1 Å². The molecule has 178 valence electrons. The van der Waals surface area contributed by atoms with Crippen molar-refractivity contribution in [1.82, 2.24) is 4.90 Å². The molecule has 4 rings (SSSR count). The highest BCUT2D eigenvalue weighted by Crippen LogP contribution is 2.19. The zero-order valence-corrected chi connectivity index (χ0v) is 18.8. The van der Waals surface area contributed by atoms with Crippen molar-refractivity contribution in [1.29, 1.82) is 0 Å². The predicted molar refractivity (Wildman–Crippen MR) is 126 cm³/mol. The number of oxime groups is 1. The number of aliphatic hydroxyl groups excluding tert-OH is 1. The Bertz CT molecular complexity index is 1080. The maximum atomic E-state index is 13.7. The fourth-order valence-corrected chi connectivity index (χ4v) is 3.96. The van der Waals surface area contributed by atoms with Crippen molar-refractivity contribution in [3.05, 3.63) is 107 Å². The summed E-state index contributed by atoms with van der Waals surface area (Å²) in [6.45, 7) is 1.86. The molecule has 1 aliphatic rings. The topological polar surface area (TPSA) is 54.3 Å². The minimum Gasteiger partial charge on any atom is -0.390 e. The molecule has 0 bridgehead atoms. The van der Waals surface area contributed by atoms with Crippen LogP contribution in [0.25, 0.3) is 0 Å². The molecular weight excluding hydrogens is 438 g/mol. The Hall–Kier alpha value is -3.13. The zero-order chi connectivity index (χ0) is 23.8. The number of hydrogen-bond donors (Lipinski definition) is 1. The lowest BCUT2D eigenvalue weighted by molar-refractivity contribution is -0.00650. The minimum absolute atomic E-state index is 0.178. The van der Waals surface area contributed by atoms with Crippen LogP contribution < -0.4 is 0 Å². The highest BCUT2D eigenvalue weighted by molar-refractivity contribution is 6.01. The fourth-order valence-electron chi connectivity index (χ4n) is 3.96. The smallest absolute Gasteiger partial charge is 0.145 e. The summed E-state index contributed by atoms with van der Waals surface area (Å²) in [5.41, 5.74) is 3.41. The van der Waals surface area contributed by atoms with E-state index in [1.807, 2.05) is 41.3 Å². The van der Waals surface area contributed by atoms with Gasteiger partial charge in [0.1, 0.15) is 17.7 Å². The molecule has 7 heteroatoms. The number of hydrogen-bond acceptors (Lipinski definition) is 5. The summed E-state index contributed by atoms with van der Waals surface area (Å²) >= 11 is 0. The summed E-state index contributed by atoms with van der Waals surface area (Å²) in [5.74, 6) is -0.604. The summed E-state index contributed by atoms with van der Waals surface area (Å²) in [6, 6.07) is 22.3. The largest absolute Gasteiger partial charge is 0.390 e. The summed E-state index contributed by atoms with van der Waals surface area (Å²) in [6.07, 6.45) is -0.395. The van der Waals surface area contributed by atoms with Crippen LogP contribution in [-0.2, 0) is 22.7 Å². The lowest BCUT2D eigenvalue weighted by Gasteiger charge is -2.27. The SMILES string of the molecule is O[C@@H](COCc1ccccc1)CN(Cc1cccc(F)c1)C[C@H]1CC(c2ccc(F)cc2)=NO1. The van der Waals surface area contributed by atoms with Crippen LogP contribution in [0.2, 0.25) is 0 Å². The van der Waals surface area contributed by atoms with Gasteiger partial charge in [-0.3, -0.25) is 4.90 Å². The van der Waals surface area contributed by atoms with Crippen LogP contribution in [-0.4, -0.2) is 47.6 Å². The number of ether oxygens (including phenoxy) is 1. The lowest BCUT2D eigenvalue weighted by atomic mass is 10.0. The Morgan fingerprint density at radius 2 is 1.74 bits per heavy atom. The molecular formula is C27H28F2N2O3. The summed E-state index contributed by atoms with van der Waals surface area (Å²) in [5, 5.41) is 14.8. The van der Waals surface area contributed by atoms with Gasteiger partial charge in [0.05, 0.1) is 25.0 Å². The molecule has 0 amide bonds. The Kier molecular flexibility index (Phi) is 8.36. The Balaban J connectivity index is 1.34. The van der Waals surface area contributed by atoms with Crippen molar-refractivity contribution < 1.29 is 23.5 Å². The molecule has 1 aliphatic heterocycles. The molecule has 0 radical (unpaired) electrons. The maximum Gasteiger partial charge on any atom is 0.145 e. The summed E-state index contributed by atoms with van der Waals surface area (Å²) in [7, 11) is 0. The van der Waals surface area contributed by atoms with Gasteiger partial charge >= 0.3 is 0 Å². The van der Waals surface area contributed by atoms with Crippen LogP contribution in [0.4, 0.5) is 8.78 Å². The molecule has 0 saturated carbocycles. The standard InChI is InChI=1S/C27H28F2N2O3/c28-23-11-9-22(10-12-23)27-14-26(34-30-27)17-31(15-21-7-4-8-24(29)13-21)16-25(32)19-33-18-20-5-2-1-3-6-20/h1-13,25-26,32H,14-19H2/t25-,26-/m1/s1. The van der Waals surface area contributed by atoms with E-state index < -0.39 is 6.10 Å². The highest BCUT2D eigenvalue weighted by Gasteiger charge is 2.26. The van der Waals surface area contributed by atoms with Crippen LogP contribution in [0.15, 0.2) is 84.0 Å². The van der Waals surface area contributed by atoms with Crippen molar-refractivity contribution in [2.24, 2.45) is 5.16 Å². The van der Waals surface area contributed by atoms with Crippen molar-refractivity contribution in [2.45, 2.75) is 31.8 Å². The van der Waals surface area contributed by atoms with Gasteiger partial charge in [0.25, 0.3) is 0 Å². The van der Waals surface area contributed by atoms with Gasteiger partial charge in [-0.2, -0.15) is 0 Å². The van der Waals surface area contributed by atoms with Crippen LogP contribution in [0.5, 0.6) is 0 Å². The molecule has 3 aromatic carbocycles. The third-order valence-corrected chi connectivity index (χ3v) is 5.56. The monoisotopic (exact) mass is 466 g/mol. The summed E-state index contributed by atoms with van der Waals surface area (Å²) in [4.78, 5) is 7.64. The molecule has 34 heavy (non-hydrogen) atoms. The van der Waals surface area contributed by atoms with Gasteiger partial charge in [0, 0.05) is 26.1 Å². The van der Waals surface area contributed by atoms with E-state index in [1.54, 1.807) is 18.2 Å². The van der Waals surface area contributed by atoms with E-state index in [-0.39, 0.29) is 24.3 Å². The van der Waals surface area contributed by atoms with Crippen molar-refractivity contribution in [3.8, 4) is 0 Å². The second-order valence-corrected chi connectivity index (χ2v) is 8.45. The molecule has 5 nitrogen and oxygen atoms in total. The maximum absolute atomic E-state index is 13.7. The second kappa shape index (κ2) is 11.8. The third-order valence-electron chi connectivity index (χ3n) is 5.56. The van der Waals surface area contributed by atoms with E-state index >= 15 is 0 Å².